The molecule has 1 aromatic rings. The highest BCUT2D eigenvalue weighted by molar-refractivity contribution is 5.87. The fourth-order valence-electron chi connectivity index (χ4n) is 1.92. The molecule has 0 radical (unpaired) electrons. The summed E-state index contributed by atoms with van der Waals surface area (Å²) in [6.45, 7) is 3.68. The fraction of sp³-hybridized carbons (Fsp3) is 0.417. The van der Waals surface area contributed by atoms with Gasteiger partial charge in [0, 0.05) is 30.1 Å². The van der Waals surface area contributed by atoms with E-state index in [2.05, 4.69) is 10.1 Å². The van der Waals surface area contributed by atoms with Gasteiger partial charge < -0.3 is 9.84 Å². The van der Waals surface area contributed by atoms with Crippen LogP contribution in [0.3, 0.4) is 0 Å². The minimum atomic E-state index is -1.51. The number of hydrogen-bond acceptors (Lipinski definition) is 5. The van der Waals surface area contributed by atoms with Crippen LogP contribution in [0.25, 0.3) is 0 Å². The lowest BCUT2D eigenvalue weighted by molar-refractivity contribution is -0.0857. The Morgan fingerprint density at radius 2 is 2.44 bits per heavy atom. The van der Waals surface area contributed by atoms with E-state index in [1.807, 2.05) is 0 Å². The number of nitrogens with zero attached hydrogens (tertiary/aromatic N) is 3. The van der Waals surface area contributed by atoms with Crippen LogP contribution in [0, 0.1) is 0 Å². The molecule has 1 amide bonds. The Kier molecular flexibility index (Phi) is 3.29. The van der Waals surface area contributed by atoms with E-state index in [0.717, 1.165) is 5.01 Å². The Balaban J connectivity index is 2.34. The predicted octanol–water partition coefficient (Wildman–Crippen LogP) is 1.46. The van der Waals surface area contributed by atoms with Crippen molar-refractivity contribution in [3.8, 4) is 0 Å². The molecule has 6 heteroatoms. The van der Waals surface area contributed by atoms with E-state index in [1.54, 1.807) is 32.2 Å². The van der Waals surface area contributed by atoms with Crippen LogP contribution < -0.4 is 0 Å². The maximum Gasteiger partial charge on any atom is 0.433 e. The molecule has 0 aromatic carbocycles. The summed E-state index contributed by atoms with van der Waals surface area (Å²) in [5, 5.41) is 15.7. The molecule has 0 bridgehead atoms. The maximum absolute atomic E-state index is 11.8. The van der Waals surface area contributed by atoms with E-state index in [9.17, 15) is 9.90 Å². The summed E-state index contributed by atoms with van der Waals surface area (Å²) in [5.41, 5.74) is -0.335. The van der Waals surface area contributed by atoms with Gasteiger partial charge in [0.15, 0.2) is 5.72 Å². The van der Waals surface area contributed by atoms with E-state index in [4.69, 9.17) is 4.74 Å². The zero-order valence-electron chi connectivity index (χ0n) is 10.3. The Hall–Kier alpha value is -1.95. The van der Waals surface area contributed by atoms with Crippen molar-refractivity contribution < 1.29 is 14.6 Å². The van der Waals surface area contributed by atoms with Crippen molar-refractivity contribution in [1.29, 1.82) is 0 Å². The van der Waals surface area contributed by atoms with Gasteiger partial charge in [0.1, 0.15) is 0 Å². The van der Waals surface area contributed by atoms with Crippen LogP contribution in [0.1, 0.15) is 25.8 Å². The van der Waals surface area contributed by atoms with Crippen molar-refractivity contribution >= 4 is 11.8 Å². The molecule has 1 atom stereocenters. The molecule has 1 aromatic heterocycles. The minimum absolute atomic E-state index is 0.229. The second kappa shape index (κ2) is 4.73. The van der Waals surface area contributed by atoms with Crippen LogP contribution in [0.4, 0.5) is 4.79 Å². The number of amides is 1. The van der Waals surface area contributed by atoms with E-state index in [0.29, 0.717) is 11.3 Å². The molecule has 1 aliphatic rings. The summed E-state index contributed by atoms with van der Waals surface area (Å²) in [4.78, 5) is 15.7. The quantitative estimate of drug-likeness (QED) is 0.861. The van der Waals surface area contributed by atoms with Crippen molar-refractivity contribution in [1.82, 2.24) is 9.99 Å². The van der Waals surface area contributed by atoms with Crippen molar-refractivity contribution in [2.75, 3.05) is 6.61 Å². The zero-order chi connectivity index (χ0) is 13.2. The van der Waals surface area contributed by atoms with E-state index in [-0.39, 0.29) is 13.0 Å². The van der Waals surface area contributed by atoms with Crippen LogP contribution in [0.15, 0.2) is 29.6 Å². The molecule has 0 saturated carbocycles. The van der Waals surface area contributed by atoms with Crippen molar-refractivity contribution in [3.05, 3.63) is 30.1 Å². The van der Waals surface area contributed by atoms with E-state index < -0.39 is 11.8 Å². The number of carbonyl (C=O) groups is 1. The molecule has 0 saturated heterocycles. The van der Waals surface area contributed by atoms with Gasteiger partial charge in [-0.15, -0.1) is 0 Å². The molecule has 0 unspecified atom stereocenters. The number of aliphatic hydroxyl groups is 1. The average molecular weight is 249 g/mol. The number of rotatable bonds is 2. The minimum Gasteiger partial charge on any atom is -0.448 e. The van der Waals surface area contributed by atoms with Crippen LogP contribution in [0.2, 0.25) is 0 Å². The highest BCUT2D eigenvalue weighted by Crippen LogP contribution is 2.35. The molecule has 2 rings (SSSR count). The summed E-state index contributed by atoms with van der Waals surface area (Å²) in [6.07, 6.45) is 2.70. The molecular formula is C12H15N3O3. The number of hydrogen-bond donors (Lipinski definition) is 1. The normalized spacial score (nSPS) is 22.8. The first-order valence-electron chi connectivity index (χ1n) is 5.72. The van der Waals surface area contributed by atoms with Crippen LogP contribution in [-0.4, -0.2) is 33.5 Å². The smallest absolute Gasteiger partial charge is 0.433 e. The van der Waals surface area contributed by atoms with E-state index in [1.165, 1.54) is 6.20 Å². The largest absolute Gasteiger partial charge is 0.448 e. The van der Waals surface area contributed by atoms with Crippen molar-refractivity contribution in [3.63, 3.8) is 0 Å². The molecule has 96 valence electrons. The summed E-state index contributed by atoms with van der Waals surface area (Å²) < 4.78 is 4.89. The molecule has 1 aliphatic heterocycles. The number of aromatic nitrogens is 1. The average Bonchev–Trinajstić information content (AvgIpc) is 2.68. The van der Waals surface area contributed by atoms with Crippen molar-refractivity contribution in [2.45, 2.75) is 26.0 Å². The third-order valence-corrected chi connectivity index (χ3v) is 2.69. The van der Waals surface area contributed by atoms with Gasteiger partial charge in [-0.3, -0.25) is 4.98 Å². The Morgan fingerprint density at radius 1 is 1.67 bits per heavy atom. The second-order valence-electron chi connectivity index (χ2n) is 4.08. The molecule has 1 N–H and O–H groups in total. The highest BCUT2D eigenvalue weighted by Gasteiger charge is 2.45. The Labute approximate surface area is 105 Å². The second-order valence-corrected chi connectivity index (χ2v) is 4.08. The molecule has 6 nitrogen and oxygen atoms in total. The van der Waals surface area contributed by atoms with E-state index >= 15 is 0 Å². The lowest BCUT2D eigenvalue weighted by Crippen LogP contribution is -2.43. The van der Waals surface area contributed by atoms with Crippen LogP contribution in [-0.2, 0) is 10.5 Å². The molecule has 0 fully saturated rings. The van der Waals surface area contributed by atoms with Crippen LogP contribution in [0.5, 0.6) is 0 Å². The summed E-state index contributed by atoms with van der Waals surface area (Å²) in [5.74, 6) is 0. The molecule has 0 spiro atoms. The molecular weight excluding hydrogens is 234 g/mol. The molecule has 0 aliphatic carbocycles. The summed E-state index contributed by atoms with van der Waals surface area (Å²) >= 11 is 0. The first-order chi connectivity index (χ1) is 8.58. The summed E-state index contributed by atoms with van der Waals surface area (Å²) in [6, 6.07) is 3.40. The van der Waals surface area contributed by atoms with Crippen LogP contribution >= 0.6 is 0 Å². The third kappa shape index (κ3) is 2.06. The van der Waals surface area contributed by atoms with Gasteiger partial charge in [-0.2, -0.15) is 10.1 Å². The Bertz CT molecular complexity index is 475. The lowest BCUT2D eigenvalue weighted by Gasteiger charge is -2.30. The van der Waals surface area contributed by atoms with Crippen molar-refractivity contribution in [2.24, 2.45) is 5.10 Å². The zero-order valence-corrected chi connectivity index (χ0v) is 10.3. The Morgan fingerprint density at radius 3 is 3.06 bits per heavy atom. The van der Waals surface area contributed by atoms with Gasteiger partial charge in [0.05, 0.1) is 6.61 Å². The first kappa shape index (κ1) is 12.5. The standard InChI is InChI=1S/C12H15N3O3/c1-3-18-11(16)15-12(17,7-9(2)14-15)10-5-4-6-13-8-10/h4-6,8,17H,3,7H2,1-2H3/t12-/m0/s1. The summed E-state index contributed by atoms with van der Waals surface area (Å²) in [7, 11) is 0. The van der Waals surface area contributed by atoms with Gasteiger partial charge in [-0.05, 0) is 19.9 Å². The monoisotopic (exact) mass is 249 g/mol. The number of carbonyl (C=O) groups excluding carboxylic acids is 1. The molecule has 2 heterocycles. The topological polar surface area (TPSA) is 75.0 Å². The maximum atomic E-state index is 11.8. The van der Waals surface area contributed by atoms with Gasteiger partial charge in [-0.1, -0.05) is 6.07 Å². The first-order valence-corrected chi connectivity index (χ1v) is 5.72. The SMILES string of the molecule is CCOC(=O)N1N=C(C)C[C@]1(O)c1cccnc1. The number of ether oxygens (including phenoxy) is 1. The number of pyridine rings is 1. The fourth-order valence-corrected chi connectivity index (χ4v) is 1.92. The molecule has 18 heavy (non-hydrogen) atoms. The predicted molar refractivity (Wildman–Crippen MR) is 64.7 cm³/mol. The number of hydrazone groups is 1. The third-order valence-electron chi connectivity index (χ3n) is 2.69. The van der Waals surface area contributed by atoms with Gasteiger partial charge >= 0.3 is 6.09 Å². The van der Waals surface area contributed by atoms with Gasteiger partial charge in [0.25, 0.3) is 0 Å². The lowest BCUT2D eigenvalue weighted by atomic mass is 10.00. The van der Waals surface area contributed by atoms with Gasteiger partial charge in [-0.25, -0.2) is 4.79 Å². The van der Waals surface area contributed by atoms with Gasteiger partial charge in [0.2, 0.25) is 0 Å². The highest BCUT2D eigenvalue weighted by atomic mass is 16.6.